The Labute approximate surface area is 194 Å². The molecule has 1 aliphatic rings. The summed E-state index contributed by atoms with van der Waals surface area (Å²) in [6.07, 6.45) is 0.240. The van der Waals surface area contributed by atoms with E-state index >= 15 is 0 Å². The number of para-hydroxylation sites is 1. The molecule has 2 aromatic rings. The van der Waals surface area contributed by atoms with Crippen LogP contribution in [0.25, 0.3) is 6.08 Å². The van der Waals surface area contributed by atoms with Gasteiger partial charge in [0.05, 0.1) is 12.0 Å². The van der Waals surface area contributed by atoms with E-state index in [0.717, 1.165) is 10.5 Å². The molecular formula is C23H22N2O7S. The summed E-state index contributed by atoms with van der Waals surface area (Å²) < 4.78 is 10.8. The molecule has 9 nitrogen and oxygen atoms in total. The minimum atomic E-state index is -1.17. The maximum atomic E-state index is 12.8. The molecule has 3 amide bonds. The minimum absolute atomic E-state index is 0.0733. The van der Waals surface area contributed by atoms with Crippen molar-refractivity contribution in [2.45, 2.75) is 20.0 Å². The van der Waals surface area contributed by atoms with Gasteiger partial charge >= 0.3 is 5.97 Å². The largest absolute Gasteiger partial charge is 0.493 e. The van der Waals surface area contributed by atoms with Gasteiger partial charge < -0.3 is 19.9 Å². The average molecular weight is 471 g/mol. The standard InChI is InChI=1S/C23H22N2O7S/c1-13-7-9-16(10-8-13)24-19(26)12-25-21(27)18(33-23(25)30)11-15-5-4-6-17(31-3)20(15)32-14(2)22(28)29/h4-11,14H,12H2,1-3H3,(H,24,26)(H,28,29)/b18-11-/t14-/m1/s1. The van der Waals surface area contributed by atoms with Crippen molar-refractivity contribution in [2.75, 3.05) is 19.0 Å². The van der Waals surface area contributed by atoms with Gasteiger partial charge in [-0.05, 0) is 49.9 Å². The molecule has 0 aliphatic carbocycles. The maximum absolute atomic E-state index is 12.8. The fraction of sp³-hybridized carbons (Fsp3) is 0.217. The number of carboxylic acid groups (broad SMARTS) is 1. The first-order valence-corrected chi connectivity index (χ1v) is 10.7. The van der Waals surface area contributed by atoms with Crippen LogP contribution in [0.2, 0.25) is 0 Å². The first-order chi connectivity index (χ1) is 15.7. The molecule has 0 aromatic heterocycles. The molecule has 3 rings (SSSR count). The van der Waals surface area contributed by atoms with Crippen molar-refractivity contribution in [1.82, 2.24) is 4.90 Å². The number of nitrogens with zero attached hydrogens (tertiary/aromatic N) is 1. The lowest BCUT2D eigenvalue weighted by Crippen LogP contribution is -2.36. The lowest BCUT2D eigenvalue weighted by molar-refractivity contribution is -0.144. The molecule has 2 N–H and O–H groups in total. The Morgan fingerprint density at radius 2 is 1.88 bits per heavy atom. The van der Waals surface area contributed by atoms with Crippen LogP contribution >= 0.6 is 11.8 Å². The Kier molecular flexibility index (Phi) is 7.39. The number of anilines is 1. The number of hydrogen-bond acceptors (Lipinski definition) is 7. The highest BCUT2D eigenvalue weighted by molar-refractivity contribution is 8.18. The Morgan fingerprint density at radius 1 is 1.18 bits per heavy atom. The summed E-state index contributed by atoms with van der Waals surface area (Å²) in [5.41, 5.74) is 1.94. The lowest BCUT2D eigenvalue weighted by atomic mass is 10.1. The van der Waals surface area contributed by atoms with E-state index in [0.29, 0.717) is 23.0 Å². The highest BCUT2D eigenvalue weighted by atomic mass is 32.2. The average Bonchev–Trinajstić information content (AvgIpc) is 3.03. The van der Waals surface area contributed by atoms with E-state index in [1.54, 1.807) is 30.3 Å². The number of benzene rings is 2. The van der Waals surface area contributed by atoms with E-state index in [1.165, 1.54) is 20.1 Å². The van der Waals surface area contributed by atoms with E-state index in [1.807, 2.05) is 19.1 Å². The van der Waals surface area contributed by atoms with Crippen LogP contribution in [0.15, 0.2) is 47.4 Å². The third kappa shape index (κ3) is 5.72. The zero-order chi connectivity index (χ0) is 24.1. The molecule has 1 fully saturated rings. The van der Waals surface area contributed by atoms with Crippen molar-refractivity contribution in [3.05, 3.63) is 58.5 Å². The van der Waals surface area contributed by atoms with Gasteiger partial charge in [0.2, 0.25) is 5.91 Å². The molecule has 10 heteroatoms. The van der Waals surface area contributed by atoms with Gasteiger partial charge in [0.25, 0.3) is 11.1 Å². The van der Waals surface area contributed by atoms with Crippen molar-refractivity contribution in [1.29, 1.82) is 0 Å². The zero-order valence-electron chi connectivity index (χ0n) is 18.2. The van der Waals surface area contributed by atoms with Gasteiger partial charge in [-0.15, -0.1) is 0 Å². The van der Waals surface area contributed by atoms with Gasteiger partial charge in [-0.3, -0.25) is 19.3 Å². The fourth-order valence-electron chi connectivity index (χ4n) is 2.92. The van der Waals surface area contributed by atoms with E-state index in [4.69, 9.17) is 14.6 Å². The molecule has 1 aliphatic heterocycles. The number of aryl methyl sites for hydroxylation is 1. The molecule has 0 spiro atoms. The predicted octanol–water partition coefficient (Wildman–Crippen LogP) is 3.53. The summed E-state index contributed by atoms with van der Waals surface area (Å²) in [6.45, 7) is 2.84. The summed E-state index contributed by atoms with van der Waals surface area (Å²) in [5.74, 6) is -1.92. The number of ether oxygens (including phenoxy) is 2. The molecule has 0 saturated carbocycles. The summed E-state index contributed by atoms with van der Waals surface area (Å²) in [6, 6.07) is 11.9. The number of carbonyl (C=O) groups is 4. The second-order valence-corrected chi connectivity index (χ2v) is 8.15. The van der Waals surface area contributed by atoms with Gasteiger partial charge in [0.1, 0.15) is 6.54 Å². The molecule has 33 heavy (non-hydrogen) atoms. The minimum Gasteiger partial charge on any atom is -0.493 e. The van der Waals surface area contributed by atoms with Crippen LogP contribution in [0.4, 0.5) is 10.5 Å². The molecular weight excluding hydrogens is 448 g/mol. The van der Waals surface area contributed by atoms with Crippen molar-refractivity contribution in [3.63, 3.8) is 0 Å². The number of nitrogens with one attached hydrogen (secondary N) is 1. The highest BCUT2D eigenvalue weighted by Gasteiger charge is 2.36. The van der Waals surface area contributed by atoms with Gasteiger partial charge in [-0.1, -0.05) is 29.8 Å². The Morgan fingerprint density at radius 3 is 2.52 bits per heavy atom. The van der Waals surface area contributed by atoms with E-state index in [-0.39, 0.29) is 16.4 Å². The van der Waals surface area contributed by atoms with Crippen molar-refractivity contribution in [2.24, 2.45) is 0 Å². The highest BCUT2D eigenvalue weighted by Crippen LogP contribution is 2.37. The smallest absolute Gasteiger partial charge is 0.344 e. The molecule has 0 bridgehead atoms. The number of carboxylic acids is 1. The van der Waals surface area contributed by atoms with Gasteiger partial charge in [-0.2, -0.15) is 0 Å². The van der Waals surface area contributed by atoms with Crippen LogP contribution in [0, 0.1) is 6.92 Å². The SMILES string of the molecule is COc1cccc(/C=C2\SC(=O)N(CC(=O)Nc3ccc(C)cc3)C2=O)c1O[C@H](C)C(=O)O. The maximum Gasteiger partial charge on any atom is 0.344 e. The molecule has 1 saturated heterocycles. The second-order valence-electron chi connectivity index (χ2n) is 7.16. The number of aliphatic carboxylic acids is 1. The first-order valence-electron chi connectivity index (χ1n) is 9.88. The van der Waals surface area contributed by atoms with Crippen LogP contribution in [0.3, 0.4) is 0 Å². The number of amides is 3. The Balaban J connectivity index is 1.80. The number of carbonyl (C=O) groups excluding carboxylic acids is 3. The van der Waals surface area contributed by atoms with E-state index in [2.05, 4.69) is 5.32 Å². The summed E-state index contributed by atoms with van der Waals surface area (Å²) >= 11 is 0.680. The van der Waals surface area contributed by atoms with Crippen LogP contribution in [0.5, 0.6) is 11.5 Å². The zero-order valence-corrected chi connectivity index (χ0v) is 19.0. The van der Waals surface area contributed by atoms with Crippen molar-refractivity contribution < 1.29 is 33.8 Å². The molecule has 172 valence electrons. The molecule has 0 unspecified atom stereocenters. The quantitative estimate of drug-likeness (QED) is 0.562. The van der Waals surface area contributed by atoms with Crippen LogP contribution < -0.4 is 14.8 Å². The number of methoxy groups -OCH3 is 1. The van der Waals surface area contributed by atoms with Crippen LogP contribution in [-0.2, 0) is 14.4 Å². The van der Waals surface area contributed by atoms with Crippen molar-refractivity contribution >= 4 is 46.5 Å². The normalized spacial score (nSPS) is 15.5. The summed E-state index contributed by atoms with van der Waals surface area (Å²) in [7, 11) is 1.40. The van der Waals surface area contributed by atoms with E-state index in [9.17, 15) is 19.2 Å². The number of imide groups is 1. The summed E-state index contributed by atoms with van der Waals surface area (Å²) in [4.78, 5) is 49.7. The van der Waals surface area contributed by atoms with Gasteiger partial charge in [0.15, 0.2) is 17.6 Å². The summed E-state index contributed by atoms with van der Waals surface area (Å²) in [5, 5.41) is 11.2. The van der Waals surface area contributed by atoms with E-state index < -0.39 is 35.7 Å². The monoisotopic (exact) mass is 470 g/mol. The third-order valence-corrected chi connectivity index (χ3v) is 5.58. The molecule has 2 aromatic carbocycles. The number of rotatable bonds is 8. The second kappa shape index (κ2) is 10.2. The first kappa shape index (κ1) is 23.9. The van der Waals surface area contributed by atoms with Crippen LogP contribution in [0.1, 0.15) is 18.1 Å². The van der Waals surface area contributed by atoms with Crippen molar-refractivity contribution in [3.8, 4) is 11.5 Å². The molecule has 0 radical (unpaired) electrons. The predicted molar refractivity (Wildman–Crippen MR) is 123 cm³/mol. The van der Waals surface area contributed by atoms with Crippen LogP contribution in [-0.4, -0.2) is 52.8 Å². The van der Waals surface area contributed by atoms with Gasteiger partial charge in [0, 0.05) is 11.3 Å². The fourth-order valence-corrected chi connectivity index (χ4v) is 3.75. The third-order valence-electron chi connectivity index (χ3n) is 4.67. The number of hydrogen-bond donors (Lipinski definition) is 2. The molecule has 1 atom stereocenters. The lowest BCUT2D eigenvalue weighted by Gasteiger charge is -2.16. The Hall–Kier alpha value is -3.79. The number of thioether (sulfide) groups is 1. The topological polar surface area (TPSA) is 122 Å². The molecule has 1 heterocycles. The van der Waals surface area contributed by atoms with Gasteiger partial charge in [-0.25, -0.2) is 4.79 Å². The Bertz CT molecular complexity index is 1130.